The van der Waals surface area contributed by atoms with Crippen molar-refractivity contribution < 1.29 is 8.42 Å². The van der Waals surface area contributed by atoms with Crippen molar-refractivity contribution in [3.8, 4) is 0 Å². The highest BCUT2D eigenvalue weighted by Gasteiger charge is 2.33. The summed E-state index contributed by atoms with van der Waals surface area (Å²) < 4.78 is 29.6. The van der Waals surface area contributed by atoms with Crippen LogP contribution in [0.25, 0.3) is 0 Å². The van der Waals surface area contributed by atoms with Gasteiger partial charge in [-0.2, -0.15) is 4.31 Å². The second-order valence-electron chi connectivity index (χ2n) is 5.92. The van der Waals surface area contributed by atoms with Crippen molar-refractivity contribution in [2.75, 3.05) is 13.1 Å². The van der Waals surface area contributed by atoms with Crippen molar-refractivity contribution in [1.82, 2.24) is 13.9 Å². The predicted molar refractivity (Wildman–Crippen MR) is 87.7 cm³/mol. The van der Waals surface area contributed by atoms with Crippen LogP contribution in [0.3, 0.4) is 0 Å². The summed E-state index contributed by atoms with van der Waals surface area (Å²) in [6.45, 7) is 5.35. The number of hydrogen-bond donors (Lipinski definition) is 0. The topological polar surface area (TPSA) is 55.2 Å². The van der Waals surface area contributed by atoms with Crippen LogP contribution in [0.2, 0.25) is 0 Å². The minimum absolute atomic E-state index is 0.167. The lowest BCUT2D eigenvalue weighted by Gasteiger charge is -2.32. The molecule has 2 aromatic heterocycles. The van der Waals surface area contributed by atoms with Gasteiger partial charge in [0.05, 0.1) is 0 Å². The second-order valence-corrected chi connectivity index (χ2v) is 9.03. The molecular weight excluding hydrogens is 318 g/mol. The third-order valence-electron chi connectivity index (χ3n) is 4.09. The molecule has 0 radical (unpaired) electrons. The van der Waals surface area contributed by atoms with Crippen LogP contribution in [0.4, 0.5) is 0 Å². The van der Waals surface area contributed by atoms with E-state index in [0.29, 0.717) is 23.3 Å². The molecule has 0 saturated carbocycles. The van der Waals surface area contributed by atoms with Crippen LogP contribution in [0.1, 0.15) is 44.5 Å². The monoisotopic (exact) mass is 339 g/mol. The lowest BCUT2D eigenvalue weighted by Crippen LogP contribution is -2.39. The summed E-state index contributed by atoms with van der Waals surface area (Å²) in [6, 6.07) is 3.80. The maximum Gasteiger partial charge on any atom is 0.252 e. The molecule has 120 valence electrons. The Balaban J connectivity index is 1.84. The van der Waals surface area contributed by atoms with Crippen LogP contribution in [-0.2, 0) is 10.0 Å². The SMILES string of the molecule is CC(C)n1ccnc1C1CCCN(S(=O)(=O)c2cccs2)C1. The molecule has 0 N–H and O–H groups in total. The van der Waals surface area contributed by atoms with Crippen LogP contribution >= 0.6 is 11.3 Å². The van der Waals surface area contributed by atoms with E-state index in [9.17, 15) is 8.42 Å². The molecule has 3 rings (SSSR count). The van der Waals surface area contributed by atoms with Crippen LogP contribution < -0.4 is 0 Å². The number of thiophene rings is 1. The fourth-order valence-corrected chi connectivity index (χ4v) is 5.65. The van der Waals surface area contributed by atoms with Crippen molar-refractivity contribution in [3.05, 3.63) is 35.7 Å². The van der Waals surface area contributed by atoms with Gasteiger partial charge in [0, 0.05) is 37.4 Å². The number of sulfonamides is 1. The largest absolute Gasteiger partial charge is 0.332 e. The minimum Gasteiger partial charge on any atom is -0.332 e. The first-order chi connectivity index (χ1) is 10.5. The molecule has 7 heteroatoms. The summed E-state index contributed by atoms with van der Waals surface area (Å²) in [7, 11) is -3.36. The molecule has 2 aromatic rings. The molecule has 5 nitrogen and oxygen atoms in total. The van der Waals surface area contributed by atoms with Gasteiger partial charge in [0.2, 0.25) is 0 Å². The predicted octanol–water partition coefficient (Wildman–Crippen LogP) is 3.09. The molecule has 22 heavy (non-hydrogen) atoms. The van der Waals surface area contributed by atoms with Gasteiger partial charge in [-0.1, -0.05) is 6.07 Å². The van der Waals surface area contributed by atoms with Crippen molar-refractivity contribution >= 4 is 21.4 Å². The molecular formula is C15H21N3O2S2. The summed E-state index contributed by atoms with van der Waals surface area (Å²) in [5, 5.41) is 1.81. The molecule has 1 unspecified atom stereocenters. The van der Waals surface area contributed by atoms with Gasteiger partial charge in [-0.3, -0.25) is 0 Å². The van der Waals surface area contributed by atoms with Gasteiger partial charge in [0.15, 0.2) is 0 Å². The highest BCUT2D eigenvalue weighted by atomic mass is 32.2. The Morgan fingerprint density at radius 2 is 2.23 bits per heavy atom. The van der Waals surface area contributed by atoms with Crippen molar-refractivity contribution in [2.45, 2.75) is 42.9 Å². The summed E-state index contributed by atoms with van der Waals surface area (Å²) in [5.41, 5.74) is 0. The fraction of sp³-hybridized carbons (Fsp3) is 0.533. The molecule has 1 aliphatic rings. The molecule has 0 aliphatic carbocycles. The zero-order valence-corrected chi connectivity index (χ0v) is 14.5. The van der Waals surface area contributed by atoms with Gasteiger partial charge in [0.25, 0.3) is 10.0 Å². The van der Waals surface area contributed by atoms with E-state index in [-0.39, 0.29) is 5.92 Å². The molecule has 0 spiro atoms. The Bertz CT molecular complexity index is 720. The molecule has 1 aliphatic heterocycles. The molecule has 0 bridgehead atoms. The number of aromatic nitrogens is 2. The van der Waals surface area contributed by atoms with Crippen molar-refractivity contribution in [1.29, 1.82) is 0 Å². The summed E-state index contributed by atoms with van der Waals surface area (Å²) in [6.07, 6.45) is 5.65. The average Bonchev–Trinajstić information content (AvgIpc) is 3.19. The number of hydrogen-bond acceptors (Lipinski definition) is 4. The van der Waals surface area contributed by atoms with Crippen LogP contribution in [0.5, 0.6) is 0 Å². The van der Waals surface area contributed by atoms with E-state index in [4.69, 9.17) is 0 Å². The van der Waals surface area contributed by atoms with E-state index in [1.54, 1.807) is 21.8 Å². The Morgan fingerprint density at radius 3 is 2.91 bits per heavy atom. The smallest absolute Gasteiger partial charge is 0.252 e. The highest BCUT2D eigenvalue weighted by molar-refractivity contribution is 7.91. The van der Waals surface area contributed by atoms with E-state index >= 15 is 0 Å². The zero-order valence-electron chi connectivity index (χ0n) is 12.8. The third-order valence-corrected chi connectivity index (χ3v) is 7.33. The maximum absolute atomic E-state index is 12.7. The fourth-order valence-electron chi connectivity index (χ4n) is 2.99. The molecule has 0 amide bonds. The number of nitrogens with zero attached hydrogens (tertiary/aromatic N) is 3. The van der Waals surface area contributed by atoms with E-state index in [0.717, 1.165) is 18.7 Å². The second kappa shape index (κ2) is 6.14. The lowest BCUT2D eigenvalue weighted by atomic mass is 9.98. The van der Waals surface area contributed by atoms with E-state index in [1.165, 1.54) is 11.3 Å². The van der Waals surface area contributed by atoms with E-state index < -0.39 is 10.0 Å². The summed E-state index contributed by atoms with van der Waals surface area (Å²) in [4.78, 5) is 4.48. The number of rotatable bonds is 4. The van der Waals surface area contributed by atoms with Crippen LogP contribution in [-0.4, -0.2) is 35.4 Å². The Morgan fingerprint density at radius 1 is 1.41 bits per heavy atom. The van der Waals surface area contributed by atoms with Gasteiger partial charge in [0.1, 0.15) is 10.0 Å². The lowest BCUT2D eigenvalue weighted by molar-refractivity contribution is 0.303. The third kappa shape index (κ3) is 2.85. The Labute approximate surface area is 135 Å². The van der Waals surface area contributed by atoms with Gasteiger partial charge in [-0.15, -0.1) is 11.3 Å². The first-order valence-corrected chi connectivity index (χ1v) is 9.88. The first-order valence-electron chi connectivity index (χ1n) is 7.56. The number of imidazole rings is 1. The van der Waals surface area contributed by atoms with Gasteiger partial charge in [-0.25, -0.2) is 13.4 Å². The maximum atomic E-state index is 12.7. The molecule has 1 saturated heterocycles. The highest BCUT2D eigenvalue weighted by Crippen LogP contribution is 2.31. The molecule has 3 heterocycles. The van der Waals surface area contributed by atoms with Crippen molar-refractivity contribution in [2.24, 2.45) is 0 Å². The summed E-state index contributed by atoms with van der Waals surface area (Å²) in [5.74, 6) is 1.17. The Hall–Kier alpha value is -1.18. The van der Waals surface area contributed by atoms with E-state index in [1.807, 2.05) is 12.4 Å². The van der Waals surface area contributed by atoms with Crippen molar-refractivity contribution in [3.63, 3.8) is 0 Å². The minimum atomic E-state index is -3.36. The Kier molecular flexibility index (Phi) is 4.38. The molecule has 1 fully saturated rings. The van der Waals surface area contributed by atoms with Crippen LogP contribution in [0.15, 0.2) is 34.1 Å². The standard InChI is InChI=1S/C15H21N3O2S2/c1-12(2)18-9-7-16-15(18)13-5-3-8-17(11-13)22(19,20)14-6-4-10-21-14/h4,6-7,9-10,12-13H,3,5,8,11H2,1-2H3. The van der Waals surface area contributed by atoms with Gasteiger partial charge >= 0.3 is 0 Å². The molecule has 0 aromatic carbocycles. The normalized spacial score (nSPS) is 20.6. The quantitative estimate of drug-likeness (QED) is 0.860. The first kappa shape index (κ1) is 15.7. The summed E-state index contributed by atoms with van der Waals surface area (Å²) >= 11 is 1.28. The van der Waals surface area contributed by atoms with E-state index in [2.05, 4.69) is 23.4 Å². The average molecular weight is 339 g/mol. The van der Waals surface area contributed by atoms with Gasteiger partial charge < -0.3 is 4.57 Å². The molecule has 1 atom stereocenters. The van der Waals surface area contributed by atoms with Crippen LogP contribution in [0, 0.1) is 0 Å². The number of piperidine rings is 1. The van der Waals surface area contributed by atoms with Gasteiger partial charge in [-0.05, 0) is 38.1 Å². The zero-order chi connectivity index (χ0) is 15.7.